The van der Waals surface area contributed by atoms with Crippen LogP contribution in [-0.4, -0.2) is 70.6 Å². The predicted molar refractivity (Wildman–Crippen MR) is 101 cm³/mol. The van der Waals surface area contributed by atoms with Gasteiger partial charge in [-0.1, -0.05) is 13.0 Å². The topological polar surface area (TPSA) is 84.9 Å². The number of likely N-dealkylation sites (N-methyl/N-ethyl adjacent to an activating group) is 1. The van der Waals surface area contributed by atoms with Crippen LogP contribution in [-0.2, 0) is 21.1 Å². The van der Waals surface area contributed by atoms with Gasteiger partial charge in [-0.2, -0.15) is 0 Å². The van der Waals surface area contributed by atoms with E-state index in [1.54, 1.807) is 14.2 Å². The number of carbonyl (C=O) groups is 1. The first-order chi connectivity index (χ1) is 12.4. The molecule has 1 aromatic carbocycles. The second kappa shape index (κ2) is 9.23. The number of nitrogens with zero attached hydrogens (tertiary/aromatic N) is 1. The Balaban J connectivity index is 1.81. The Hall–Kier alpha value is -1.80. The van der Waals surface area contributed by atoms with Crippen LogP contribution in [0, 0.1) is 0 Å². The Morgan fingerprint density at radius 2 is 2.00 bits per heavy atom. The molecular weight excluding hydrogens is 356 g/mol. The van der Waals surface area contributed by atoms with E-state index in [1.165, 1.54) is 0 Å². The van der Waals surface area contributed by atoms with Gasteiger partial charge >= 0.3 is 0 Å². The Bertz CT molecular complexity index is 720. The van der Waals surface area contributed by atoms with E-state index in [1.807, 2.05) is 30.0 Å². The number of ether oxygens (including phenoxy) is 2. The van der Waals surface area contributed by atoms with Crippen LogP contribution < -0.4 is 14.8 Å². The van der Waals surface area contributed by atoms with Crippen molar-refractivity contribution in [1.29, 1.82) is 0 Å². The lowest BCUT2D eigenvalue weighted by molar-refractivity contribution is -0.122. The average molecular weight is 384 g/mol. The number of benzene rings is 1. The van der Waals surface area contributed by atoms with Crippen molar-refractivity contribution >= 4 is 15.7 Å². The first-order valence-corrected chi connectivity index (χ1v) is 10.6. The van der Waals surface area contributed by atoms with Crippen LogP contribution in [0.4, 0.5) is 0 Å². The fourth-order valence-electron chi connectivity index (χ4n) is 3.19. The molecule has 0 spiro atoms. The quantitative estimate of drug-likeness (QED) is 0.680. The van der Waals surface area contributed by atoms with Gasteiger partial charge in [0, 0.05) is 12.6 Å². The fraction of sp³-hybridized carbons (Fsp3) is 0.611. The van der Waals surface area contributed by atoms with Gasteiger partial charge in [-0.3, -0.25) is 9.69 Å². The molecule has 1 heterocycles. The summed E-state index contributed by atoms with van der Waals surface area (Å²) in [4.78, 5) is 14.1. The summed E-state index contributed by atoms with van der Waals surface area (Å²) in [5.74, 6) is 1.62. The summed E-state index contributed by atoms with van der Waals surface area (Å²) < 4.78 is 33.7. The largest absolute Gasteiger partial charge is 0.493 e. The van der Waals surface area contributed by atoms with Gasteiger partial charge in [0.15, 0.2) is 21.3 Å². The van der Waals surface area contributed by atoms with Crippen molar-refractivity contribution in [3.63, 3.8) is 0 Å². The molecular formula is C18H28N2O5S. The van der Waals surface area contributed by atoms with Crippen LogP contribution in [0.15, 0.2) is 18.2 Å². The minimum Gasteiger partial charge on any atom is -0.493 e. The number of amides is 1. The number of carbonyl (C=O) groups excluding carboxylic acids is 1. The van der Waals surface area contributed by atoms with E-state index in [9.17, 15) is 13.2 Å². The van der Waals surface area contributed by atoms with E-state index in [4.69, 9.17) is 9.47 Å². The summed E-state index contributed by atoms with van der Waals surface area (Å²) in [7, 11) is 0.232. The maximum absolute atomic E-state index is 12.2. The first-order valence-electron chi connectivity index (χ1n) is 8.80. The third-order valence-corrected chi connectivity index (χ3v) is 6.41. The van der Waals surface area contributed by atoms with Crippen molar-refractivity contribution in [3.05, 3.63) is 23.8 Å². The SMILES string of the molecule is CCN(CC(=O)NCCc1ccc(OC)c(OC)c1)C1CCS(=O)(=O)C1. The Kier molecular flexibility index (Phi) is 7.28. The van der Waals surface area contributed by atoms with Crippen molar-refractivity contribution in [3.8, 4) is 11.5 Å². The third kappa shape index (κ3) is 5.60. The number of hydrogen-bond acceptors (Lipinski definition) is 6. The van der Waals surface area contributed by atoms with E-state index < -0.39 is 9.84 Å². The molecule has 0 aromatic heterocycles. The molecule has 1 atom stereocenters. The zero-order chi connectivity index (χ0) is 19.2. The van der Waals surface area contributed by atoms with Gasteiger partial charge in [0.2, 0.25) is 5.91 Å². The van der Waals surface area contributed by atoms with E-state index in [0.717, 1.165) is 5.56 Å². The molecule has 1 amide bonds. The maximum atomic E-state index is 12.2. The molecule has 146 valence electrons. The molecule has 2 rings (SSSR count). The molecule has 1 saturated heterocycles. The van der Waals surface area contributed by atoms with Crippen LogP contribution in [0.1, 0.15) is 18.9 Å². The van der Waals surface area contributed by atoms with Crippen molar-refractivity contribution in [1.82, 2.24) is 10.2 Å². The monoisotopic (exact) mass is 384 g/mol. The van der Waals surface area contributed by atoms with Gasteiger partial charge < -0.3 is 14.8 Å². The van der Waals surface area contributed by atoms with E-state index in [0.29, 0.717) is 37.4 Å². The molecule has 0 bridgehead atoms. The number of rotatable bonds is 9. The zero-order valence-corrected chi connectivity index (χ0v) is 16.5. The van der Waals surface area contributed by atoms with Crippen LogP contribution in [0.2, 0.25) is 0 Å². The van der Waals surface area contributed by atoms with Gasteiger partial charge in [0.1, 0.15) is 0 Å². The fourth-order valence-corrected chi connectivity index (χ4v) is 4.95. The van der Waals surface area contributed by atoms with Gasteiger partial charge in [-0.25, -0.2) is 8.42 Å². The predicted octanol–water partition coefficient (Wildman–Crippen LogP) is 0.872. The Morgan fingerprint density at radius 1 is 1.27 bits per heavy atom. The van der Waals surface area contributed by atoms with Crippen molar-refractivity contribution in [2.75, 3.05) is 45.4 Å². The van der Waals surface area contributed by atoms with Gasteiger partial charge in [-0.15, -0.1) is 0 Å². The molecule has 1 aliphatic rings. The van der Waals surface area contributed by atoms with Gasteiger partial charge in [-0.05, 0) is 37.1 Å². The second-order valence-electron chi connectivity index (χ2n) is 6.41. The van der Waals surface area contributed by atoms with Crippen LogP contribution in [0.3, 0.4) is 0 Å². The van der Waals surface area contributed by atoms with Gasteiger partial charge in [0.05, 0.1) is 32.3 Å². The highest BCUT2D eigenvalue weighted by Gasteiger charge is 2.32. The summed E-state index contributed by atoms with van der Waals surface area (Å²) in [6.07, 6.45) is 1.28. The second-order valence-corrected chi connectivity index (χ2v) is 8.64. The minimum atomic E-state index is -2.95. The highest BCUT2D eigenvalue weighted by Crippen LogP contribution is 2.27. The van der Waals surface area contributed by atoms with Crippen molar-refractivity contribution in [2.45, 2.75) is 25.8 Å². The van der Waals surface area contributed by atoms with E-state index >= 15 is 0 Å². The molecule has 7 nitrogen and oxygen atoms in total. The van der Waals surface area contributed by atoms with E-state index in [-0.39, 0.29) is 30.0 Å². The normalized spacial score (nSPS) is 18.7. The number of sulfone groups is 1. The summed E-state index contributed by atoms with van der Waals surface area (Å²) in [6.45, 7) is 3.34. The number of methoxy groups -OCH3 is 2. The Morgan fingerprint density at radius 3 is 2.58 bits per heavy atom. The van der Waals surface area contributed by atoms with Crippen molar-refractivity contribution in [2.24, 2.45) is 0 Å². The molecule has 0 aliphatic carbocycles. The molecule has 8 heteroatoms. The average Bonchev–Trinajstić information content (AvgIpc) is 2.99. The van der Waals surface area contributed by atoms with Crippen LogP contribution in [0.5, 0.6) is 11.5 Å². The first kappa shape index (κ1) is 20.5. The molecule has 1 aliphatic heterocycles. The highest BCUT2D eigenvalue weighted by atomic mass is 32.2. The Labute approximate surface area is 155 Å². The van der Waals surface area contributed by atoms with E-state index in [2.05, 4.69) is 5.32 Å². The lowest BCUT2D eigenvalue weighted by atomic mass is 10.1. The molecule has 0 radical (unpaired) electrons. The van der Waals surface area contributed by atoms with Gasteiger partial charge in [0.25, 0.3) is 0 Å². The lowest BCUT2D eigenvalue weighted by Crippen LogP contribution is -2.43. The molecule has 1 aromatic rings. The number of hydrogen-bond donors (Lipinski definition) is 1. The summed E-state index contributed by atoms with van der Waals surface area (Å²) in [5.41, 5.74) is 1.04. The molecule has 0 saturated carbocycles. The van der Waals surface area contributed by atoms with Crippen LogP contribution >= 0.6 is 0 Å². The molecule has 1 unspecified atom stereocenters. The molecule has 1 fully saturated rings. The third-order valence-electron chi connectivity index (χ3n) is 4.66. The highest BCUT2D eigenvalue weighted by molar-refractivity contribution is 7.91. The molecule has 26 heavy (non-hydrogen) atoms. The molecule has 1 N–H and O–H groups in total. The number of nitrogens with one attached hydrogen (secondary N) is 1. The lowest BCUT2D eigenvalue weighted by Gasteiger charge is -2.25. The van der Waals surface area contributed by atoms with Crippen molar-refractivity contribution < 1.29 is 22.7 Å². The summed E-state index contributed by atoms with van der Waals surface area (Å²) in [5, 5.41) is 2.90. The summed E-state index contributed by atoms with van der Waals surface area (Å²) in [6, 6.07) is 5.62. The minimum absolute atomic E-state index is 0.0541. The maximum Gasteiger partial charge on any atom is 0.234 e. The smallest absolute Gasteiger partial charge is 0.234 e. The zero-order valence-electron chi connectivity index (χ0n) is 15.7. The van der Waals surface area contributed by atoms with Crippen LogP contribution in [0.25, 0.3) is 0 Å². The summed E-state index contributed by atoms with van der Waals surface area (Å²) >= 11 is 0. The standard InChI is InChI=1S/C18H28N2O5S/c1-4-20(15-8-10-26(22,23)13-15)12-18(21)19-9-7-14-5-6-16(24-2)17(11-14)25-3/h5-6,11,15H,4,7-10,12-13H2,1-3H3,(H,19,21).